The summed E-state index contributed by atoms with van der Waals surface area (Å²) < 4.78 is 11.0. The topological polar surface area (TPSA) is 38.7 Å². The zero-order valence-electron chi connectivity index (χ0n) is 10.3. The molecule has 0 radical (unpaired) electrons. The predicted molar refractivity (Wildman–Crippen MR) is 70.3 cm³/mol. The molecule has 18 heavy (non-hydrogen) atoms. The molecule has 2 rings (SSSR count). The van der Waals surface area contributed by atoms with Crippen LogP contribution in [0.5, 0.6) is 17.2 Å². The second-order valence-corrected chi connectivity index (χ2v) is 4.01. The molecule has 0 bridgehead atoms. The Morgan fingerprint density at radius 1 is 0.889 bits per heavy atom. The number of benzene rings is 2. The first-order valence-electron chi connectivity index (χ1n) is 5.85. The number of hydrogen-bond donors (Lipinski definition) is 1. The standard InChI is InChI=1S/C15H16O3/c1-12-9-13(16)11-15(10-12)18-8-7-17-14-5-3-2-4-6-14/h2-6,9-11,16H,7-8H2,1H3. The molecule has 0 saturated heterocycles. The Labute approximate surface area is 107 Å². The quantitative estimate of drug-likeness (QED) is 0.821. The first-order chi connectivity index (χ1) is 8.74. The summed E-state index contributed by atoms with van der Waals surface area (Å²) in [5.41, 5.74) is 0.967. The molecule has 0 spiro atoms. The molecule has 0 fully saturated rings. The third-order valence-corrected chi connectivity index (χ3v) is 2.40. The van der Waals surface area contributed by atoms with Crippen LogP contribution in [0.15, 0.2) is 48.5 Å². The predicted octanol–water partition coefficient (Wildman–Crippen LogP) is 3.16. The van der Waals surface area contributed by atoms with Crippen LogP contribution in [0.2, 0.25) is 0 Å². The molecule has 0 amide bonds. The van der Waals surface area contributed by atoms with E-state index in [2.05, 4.69) is 0 Å². The number of phenolic OH excluding ortho intramolecular Hbond substituents is 1. The van der Waals surface area contributed by atoms with E-state index in [4.69, 9.17) is 9.47 Å². The molecule has 0 saturated carbocycles. The van der Waals surface area contributed by atoms with Crippen molar-refractivity contribution in [3.8, 4) is 17.2 Å². The summed E-state index contributed by atoms with van der Waals surface area (Å²) in [5, 5.41) is 9.42. The van der Waals surface area contributed by atoms with Crippen LogP contribution in [0.3, 0.4) is 0 Å². The Balaban J connectivity index is 1.78. The lowest BCUT2D eigenvalue weighted by molar-refractivity contribution is 0.216. The molecular weight excluding hydrogens is 228 g/mol. The van der Waals surface area contributed by atoms with Gasteiger partial charge >= 0.3 is 0 Å². The van der Waals surface area contributed by atoms with Crippen molar-refractivity contribution in [1.29, 1.82) is 0 Å². The molecule has 3 heteroatoms. The molecule has 0 aliphatic carbocycles. The van der Waals surface area contributed by atoms with E-state index in [-0.39, 0.29) is 5.75 Å². The van der Waals surface area contributed by atoms with Gasteiger partial charge in [0, 0.05) is 6.07 Å². The molecular formula is C15H16O3. The lowest BCUT2D eigenvalue weighted by Gasteiger charge is -2.09. The highest BCUT2D eigenvalue weighted by Crippen LogP contribution is 2.21. The van der Waals surface area contributed by atoms with Crippen molar-refractivity contribution >= 4 is 0 Å². The van der Waals surface area contributed by atoms with Crippen molar-refractivity contribution in [1.82, 2.24) is 0 Å². The van der Waals surface area contributed by atoms with Crippen molar-refractivity contribution in [3.63, 3.8) is 0 Å². The van der Waals surface area contributed by atoms with Gasteiger partial charge in [0.2, 0.25) is 0 Å². The van der Waals surface area contributed by atoms with Crippen molar-refractivity contribution in [2.75, 3.05) is 13.2 Å². The van der Waals surface area contributed by atoms with E-state index in [9.17, 15) is 5.11 Å². The Kier molecular flexibility index (Phi) is 4.07. The second kappa shape index (κ2) is 5.96. The molecule has 2 aromatic rings. The molecule has 3 nitrogen and oxygen atoms in total. The highest BCUT2D eigenvalue weighted by Gasteiger charge is 1.98. The van der Waals surface area contributed by atoms with Gasteiger partial charge in [0.1, 0.15) is 30.5 Å². The summed E-state index contributed by atoms with van der Waals surface area (Å²) in [7, 11) is 0. The molecule has 0 aliphatic heterocycles. The fraction of sp³-hybridized carbons (Fsp3) is 0.200. The van der Waals surface area contributed by atoms with Crippen LogP contribution >= 0.6 is 0 Å². The van der Waals surface area contributed by atoms with Crippen LogP contribution < -0.4 is 9.47 Å². The number of aryl methyl sites for hydroxylation is 1. The number of para-hydroxylation sites is 1. The first kappa shape index (κ1) is 12.3. The molecule has 0 unspecified atom stereocenters. The maximum absolute atomic E-state index is 9.42. The van der Waals surface area contributed by atoms with Gasteiger partial charge < -0.3 is 14.6 Å². The van der Waals surface area contributed by atoms with Gasteiger partial charge in [-0.3, -0.25) is 0 Å². The Hall–Kier alpha value is -2.16. The lowest BCUT2D eigenvalue weighted by Crippen LogP contribution is -2.08. The third kappa shape index (κ3) is 3.70. The monoisotopic (exact) mass is 244 g/mol. The SMILES string of the molecule is Cc1cc(O)cc(OCCOc2ccccc2)c1. The van der Waals surface area contributed by atoms with Crippen LogP contribution in [0.4, 0.5) is 0 Å². The van der Waals surface area contributed by atoms with E-state index in [1.807, 2.05) is 43.3 Å². The number of phenols is 1. The van der Waals surface area contributed by atoms with Crippen LogP contribution in [0.25, 0.3) is 0 Å². The van der Waals surface area contributed by atoms with Crippen molar-refractivity contribution in [2.24, 2.45) is 0 Å². The van der Waals surface area contributed by atoms with Gasteiger partial charge in [-0.15, -0.1) is 0 Å². The minimum absolute atomic E-state index is 0.217. The van der Waals surface area contributed by atoms with E-state index in [0.717, 1.165) is 11.3 Å². The Morgan fingerprint density at radius 2 is 1.56 bits per heavy atom. The zero-order chi connectivity index (χ0) is 12.8. The van der Waals surface area contributed by atoms with Gasteiger partial charge in [-0.1, -0.05) is 18.2 Å². The maximum atomic E-state index is 9.42. The highest BCUT2D eigenvalue weighted by atomic mass is 16.5. The largest absolute Gasteiger partial charge is 0.508 e. The summed E-state index contributed by atoms with van der Waals surface area (Å²) in [6, 6.07) is 14.8. The van der Waals surface area contributed by atoms with Gasteiger partial charge in [0.25, 0.3) is 0 Å². The molecule has 0 aliphatic rings. The van der Waals surface area contributed by atoms with Crippen molar-refractivity contribution in [3.05, 3.63) is 54.1 Å². The van der Waals surface area contributed by atoms with Crippen LogP contribution in [-0.2, 0) is 0 Å². The maximum Gasteiger partial charge on any atom is 0.123 e. The number of rotatable bonds is 5. The number of ether oxygens (including phenoxy) is 2. The summed E-state index contributed by atoms with van der Waals surface area (Å²) in [6.45, 7) is 2.82. The van der Waals surface area contributed by atoms with Gasteiger partial charge in [0.15, 0.2) is 0 Å². The lowest BCUT2D eigenvalue weighted by atomic mass is 10.2. The molecule has 1 N–H and O–H groups in total. The van der Waals surface area contributed by atoms with Gasteiger partial charge in [-0.05, 0) is 36.8 Å². The molecule has 0 heterocycles. The van der Waals surface area contributed by atoms with E-state index in [1.54, 1.807) is 12.1 Å². The minimum atomic E-state index is 0.217. The Bertz CT molecular complexity index is 474. The average molecular weight is 244 g/mol. The van der Waals surface area contributed by atoms with E-state index in [0.29, 0.717) is 19.0 Å². The van der Waals surface area contributed by atoms with E-state index >= 15 is 0 Å². The second-order valence-electron chi connectivity index (χ2n) is 4.01. The van der Waals surface area contributed by atoms with E-state index < -0.39 is 0 Å². The Morgan fingerprint density at radius 3 is 2.22 bits per heavy atom. The van der Waals surface area contributed by atoms with Crippen LogP contribution in [0.1, 0.15) is 5.56 Å². The summed E-state index contributed by atoms with van der Waals surface area (Å²) in [4.78, 5) is 0. The third-order valence-electron chi connectivity index (χ3n) is 2.40. The fourth-order valence-electron chi connectivity index (χ4n) is 1.65. The molecule has 94 valence electrons. The number of hydrogen-bond acceptors (Lipinski definition) is 3. The fourth-order valence-corrected chi connectivity index (χ4v) is 1.65. The van der Waals surface area contributed by atoms with Crippen LogP contribution in [0, 0.1) is 6.92 Å². The number of aromatic hydroxyl groups is 1. The van der Waals surface area contributed by atoms with Crippen molar-refractivity contribution < 1.29 is 14.6 Å². The highest BCUT2D eigenvalue weighted by molar-refractivity contribution is 5.36. The summed E-state index contributed by atoms with van der Waals surface area (Å²) >= 11 is 0. The summed E-state index contributed by atoms with van der Waals surface area (Å²) in [6.07, 6.45) is 0. The first-order valence-corrected chi connectivity index (χ1v) is 5.85. The molecule has 0 aromatic heterocycles. The summed E-state index contributed by atoms with van der Waals surface area (Å²) in [5.74, 6) is 1.70. The average Bonchev–Trinajstić information content (AvgIpc) is 2.35. The minimum Gasteiger partial charge on any atom is -0.508 e. The molecule has 0 atom stereocenters. The van der Waals surface area contributed by atoms with Crippen molar-refractivity contribution in [2.45, 2.75) is 6.92 Å². The zero-order valence-corrected chi connectivity index (χ0v) is 10.3. The smallest absolute Gasteiger partial charge is 0.123 e. The normalized spacial score (nSPS) is 10.1. The van der Waals surface area contributed by atoms with Gasteiger partial charge in [-0.25, -0.2) is 0 Å². The van der Waals surface area contributed by atoms with E-state index in [1.165, 1.54) is 0 Å². The molecule has 2 aromatic carbocycles. The van der Waals surface area contributed by atoms with Gasteiger partial charge in [-0.2, -0.15) is 0 Å². The van der Waals surface area contributed by atoms with Gasteiger partial charge in [0.05, 0.1) is 0 Å². The van der Waals surface area contributed by atoms with Crippen LogP contribution in [-0.4, -0.2) is 18.3 Å².